The number of nitrogens with zero attached hydrogens (tertiary/aromatic N) is 5. The standard InChI is InChI=1S/C28H26ClFN6O4S/c1-28(2,37)15-40-18-8-19(26-17(9-31)11-33-36(26)12-18)16-6-7-24(32-10-16)35-13-20-21(14-35)25(20)34-41(38,39)27-22(29)4-3-5-23(27)30/h3-8,10-12,20-21,25,34,37H,13-15H2,1-2H3/t20-,21+,25?. The number of aromatic nitrogens is 3. The second kappa shape index (κ2) is 9.95. The van der Waals surface area contributed by atoms with Gasteiger partial charge in [0.25, 0.3) is 0 Å². The summed E-state index contributed by atoms with van der Waals surface area (Å²) in [4.78, 5) is 6.21. The van der Waals surface area contributed by atoms with E-state index in [1.807, 2.05) is 12.1 Å². The molecule has 0 radical (unpaired) electrons. The van der Waals surface area contributed by atoms with Gasteiger partial charge in [-0.05, 0) is 56.0 Å². The van der Waals surface area contributed by atoms with E-state index in [0.717, 1.165) is 17.4 Å². The third kappa shape index (κ3) is 5.22. The van der Waals surface area contributed by atoms with Crippen LogP contribution in [0.4, 0.5) is 10.2 Å². The fourth-order valence-electron chi connectivity index (χ4n) is 5.34. The molecule has 1 aromatic carbocycles. The van der Waals surface area contributed by atoms with Crippen LogP contribution in [-0.2, 0) is 10.0 Å². The Hall–Kier alpha value is -3.76. The molecule has 13 heteroatoms. The number of rotatable bonds is 8. The Bertz CT molecular complexity index is 1770. The first kappa shape index (κ1) is 27.4. The zero-order valence-corrected chi connectivity index (χ0v) is 23.7. The first-order valence-corrected chi connectivity index (χ1v) is 14.8. The van der Waals surface area contributed by atoms with Crippen molar-refractivity contribution in [1.29, 1.82) is 5.26 Å². The summed E-state index contributed by atoms with van der Waals surface area (Å²) in [6.45, 7) is 4.56. The maximum Gasteiger partial charge on any atom is 0.245 e. The number of pyridine rings is 2. The van der Waals surface area contributed by atoms with Crippen LogP contribution in [0.5, 0.6) is 5.75 Å². The predicted molar refractivity (Wildman–Crippen MR) is 150 cm³/mol. The first-order valence-electron chi connectivity index (χ1n) is 12.9. The van der Waals surface area contributed by atoms with E-state index in [9.17, 15) is 23.2 Å². The second-order valence-corrected chi connectivity index (χ2v) is 13.0. The SMILES string of the molecule is CC(C)(O)COc1cc(-c2ccc(N3C[C@@H]4C(NS(=O)(=O)c5c(F)cccc5Cl)[C@@H]4C3)nc2)c2c(C#N)cnn2c1. The number of ether oxygens (including phenoxy) is 1. The van der Waals surface area contributed by atoms with Gasteiger partial charge < -0.3 is 14.7 Å². The molecular formula is C28H26ClFN6O4S. The lowest BCUT2D eigenvalue weighted by Gasteiger charge is -2.22. The highest BCUT2D eigenvalue weighted by atomic mass is 35.5. The van der Waals surface area contributed by atoms with E-state index in [0.29, 0.717) is 35.5 Å². The van der Waals surface area contributed by atoms with Crippen molar-refractivity contribution in [3.05, 3.63) is 71.4 Å². The topological polar surface area (TPSA) is 133 Å². The number of aliphatic hydroxyl groups is 1. The normalized spacial score (nSPS) is 20.2. The van der Waals surface area contributed by atoms with Gasteiger partial charge in [0, 0.05) is 36.5 Å². The first-order chi connectivity index (χ1) is 19.4. The van der Waals surface area contributed by atoms with Crippen LogP contribution in [0, 0.1) is 29.0 Å². The molecule has 4 heterocycles. The van der Waals surface area contributed by atoms with Crippen LogP contribution < -0.4 is 14.4 Å². The highest BCUT2D eigenvalue weighted by molar-refractivity contribution is 7.89. The molecule has 1 aliphatic carbocycles. The van der Waals surface area contributed by atoms with Gasteiger partial charge in [0.2, 0.25) is 10.0 Å². The summed E-state index contributed by atoms with van der Waals surface area (Å²) in [6, 6.07) is 11.2. The number of nitrogens with one attached hydrogen (secondary N) is 1. The van der Waals surface area contributed by atoms with Crippen molar-refractivity contribution in [2.24, 2.45) is 11.8 Å². The molecule has 1 unspecified atom stereocenters. The number of anilines is 1. The predicted octanol–water partition coefficient (Wildman–Crippen LogP) is 3.62. The molecule has 2 aliphatic rings. The average Bonchev–Trinajstić information content (AvgIpc) is 3.25. The smallest absolute Gasteiger partial charge is 0.245 e. The van der Waals surface area contributed by atoms with Crippen LogP contribution in [0.3, 0.4) is 0 Å². The molecule has 1 aliphatic heterocycles. The van der Waals surface area contributed by atoms with Crippen molar-refractivity contribution in [2.45, 2.75) is 30.4 Å². The van der Waals surface area contributed by atoms with Crippen molar-refractivity contribution in [3.8, 4) is 22.9 Å². The molecular weight excluding hydrogens is 571 g/mol. The number of piperidine rings is 1. The van der Waals surface area contributed by atoms with E-state index in [-0.39, 0.29) is 29.5 Å². The van der Waals surface area contributed by atoms with Crippen LogP contribution in [0.2, 0.25) is 5.02 Å². The maximum atomic E-state index is 14.2. The highest BCUT2D eigenvalue weighted by Gasteiger charge is 2.57. The molecule has 1 saturated carbocycles. The Morgan fingerprint density at radius 3 is 2.63 bits per heavy atom. The molecule has 6 rings (SSSR count). The molecule has 0 spiro atoms. The number of sulfonamides is 1. The lowest BCUT2D eigenvalue weighted by atomic mass is 10.1. The summed E-state index contributed by atoms with van der Waals surface area (Å²) in [7, 11) is -4.10. The van der Waals surface area contributed by atoms with Crippen molar-refractivity contribution < 1.29 is 22.7 Å². The van der Waals surface area contributed by atoms with Gasteiger partial charge in [0.05, 0.1) is 34.1 Å². The molecule has 0 amide bonds. The van der Waals surface area contributed by atoms with Crippen molar-refractivity contribution in [2.75, 3.05) is 24.6 Å². The Morgan fingerprint density at radius 2 is 2.00 bits per heavy atom. The molecule has 2 fully saturated rings. The minimum atomic E-state index is -4.10. The Balaban J connectivity index is 1.18. The molecule has 10 nitrogen and oxygen atoms in total. The minimum Gasteiger partial charge on any atom is -0.489 e. The van der Waals surface area contributed by atoms with Gasteiger partial charge in [0.1, 0.15) is 35.0 Å². The number of benzene rings is 1. The number of halogens is 2. The molecule has 212 valence electrons. The second-order valence-electron chi connectivity index (χ2n) is 11.0. The van der Waals surface area contributed by atoms with E-state index < -0.39 is 26.3 Å². The molecule has 3 aromatic heterocycles. The number of fused-ring (bicyclic) bond motifs is 2. The van der Waals surface area contributed by atoms with E-state index in [4.69, 9.17) is 16.3 Å². The van der Waals surface area contributed by atoms with Gasteiger partial charge in [-0.15, -0.1) is 0 Å². The molecule has 2 N–H and O–H groups in total. The van der Waals surface area contributed by atoms with Crippen LogP contribution in [-0.4, -0.2) is 59.5 Å². The van der Waals surface area contributed by atoms with Gasteiger partial charge in [-0.3, -0.25) is 0 Å². The summed E-state index contributed by atoms with van der Waals surface area (Å²) in [5, 5.41) is 23.8. The van der Waals surface area contributed by atoms with Crippen LogP contribution in [0.15, 0.2) is 59.9 Å². The zero-order chi connectivity index (χ0) is 29.1. The molecule has 41 heavy (non-hydrogen) atoms. The van der Waals surface area contributed by atoms with Gasteiger partial charge in [0.15, 0.2) is 0 Å². The lowest BCUT2D eigenvalue weighted by molar-refractivity contribution is 0.0283. The fraction of sp³-hybridized carbons (Fsp3) is 0.321. The van der Waals surface area contributed by atoms with Gasteiger partial charge >= 0.3 is 0 Å². The Morgan fingerprint density at radius 1 is 1.24 bits per heavy atom. The van der Waals surface area contributed by atoms with Crippen molar-refractivity contribution in [3.63, 3.8) is 0 Å². The Labute approximate surface area is 241 Å². The van der Waals surface area contributed by atoms with Crippen molar-refractivity contribution >= 4 is 33.0 Å². The molecule has 0 bridgehead atoms. The molecule has 4 aromatic rings. The monoisotopic (exact) mass is 596 g/mol. The van der Waals surface area contributed by atoms with Crippen molar-refractivity contribution in [1.82, 2.24) is 19.3 Å². The quantitative estimate of drug-likeness (QED) is 0.315. The summed E-state index contributed by atoms with van der Waals surface area (Å²) in [5.74, 6) is 0.485. The third-order valence-electron chi connectivity index (χ3n) is 7.35. The summed E-state index contributed by atoms with van der Waals surface area (Å²) in [5.41, 5.74) is 1.45. The maximum absolute atomic E-state index is 14.2. The third-order valence-corrected chi connectivity index (χ3v) is 9.32. The average molecular weight is 597 g/mol. The van der Waals surface area contributed by atoms with Crippen LogP contribution in [0.1, 0.15) is 19.4 Å². The van der Waals surface area contributed by atoms with E-state index in [2.05, 4.69) is 25.8 Å². The zero-order valence-electron chi connectivity index (χ0n) is 22.1. The molecule has 1 saturated heterocycles. The summed E-state index contributed by atoms with van der Waals surface area (Å²) < 4.78 is 49.8. The van der Waals surface area contributed by atoms with Gasteiger partial charge in [-0.25, -0.2) is 27.0 Å². The number of nitriles is 1. The van der Waals surface area contributed by atoms with Crippen LogP contribution >= 0.6 is 11.6 Å². The number of hydrogen-bond acceptors (Lipinski definition) is 8. The van der Waals surface area contributed by atoms with E-state index >= 15 is 0 Å². The summed E-state index contributed by atoms with van der Waals surface area (Å²) in [6.07, 6.45) is 4.86. The Kier molecular flexibility index (Phi) is 6.66. The van der Waals surface area contributed by atoms with Gasteiger partial charge in [-0.1, -0.05) is 17.7 Å². The molecule has 3 atom stereocenters. The fourth-order valence-corrected chi connectivity index (χ4v) is 7.28. The van der Waals surface area contributed by atoms with Gasteiger partial charge in [-0.2, -0.15) is 10.4 Å². The summed E-state index contributed by atoms with van der Waals surface area (Å²) >= 11 is 5.97. The minimum absolute atomic E-state index is 0.0727. The largest absolute Gasteiger partial charge is 0.489 e. The lowest BCUT2D eigenvalue weighted by Crippen LogP contribution is -2.35. The van der Waals surface area contributed by atoms with Crippen LogP contribution in [0.25, 0.3) is 16.6 Å². The van der Waals surface area contributed by atoms with E-state index in [1.54, 1.807) is 36.8 Å². The number of hydrogen-bond donors (Lipinski definition) is 2. The highest BCUT2D eigenvalue weighted by Crippen LogP contribution is 2.47. The van der Waals surface area contributed by atoms with E-state index in [1.165, 1.54) is 18.3 Å².